The van der Waals surface area contributed by atoms with Gasteiger partial charge < -0.3 is 19.9 Å². The lowest BCUT2D eigenvalue weighted by molar-refractivity contribution is 0.234. The van der Waals surface area contributed by atoms with Gasteiger partial charge >= 0.3 is 0 Å². The maximum Gasteiger partial charge on any atom is 0.203 e. The summed E-state index contributed by atoms with van der Waals surface area (Å²) in [6.07, 6.45) is 27.6. The highest BCUT2D eigenvalue weighted by Gasteiger charge is 2.16. The molecule has 1 rings (SSSR count). The number of ether oxygens (including phenoxy) is 3. The maximum atomic E-state index is 6.39. The Balaban J connectivity index is 2.71. The molecule has 1 aromatic carbocycles. The van der Waals surface area contributed by atoms with Crippen LogP contribution in [0.3, 0.4) is 0 Å². The highest BCUT2D eigenvalue weighted by atomic mass is 16.5. The van der Waals surface area contributed by atoms with Gasteiger partial charge in [-0.15, -0.1) is 0 Å². The minimum atomic E-state index is 0.618. The largest absolute Gasteiger partial charge is 0.490 e. The molecular formula is C35H65NO3. The fourth-order valence-corrected chi connectivity index (χ4v) is 5.01. The quantitative estimate of drug-likeness (QED) is 0.101. The molecule has 0 atom stereocenters. The standard InChI is InChI=1S/C35H65NO3/c1-4-7-10-13-16-19-22-27-37-33-30-32(25-26-36)31-34(38-28-23-20-17-14-11-8-5-2)35(33)39-29-24-21-18-15-12-9-6-3/h30-31H,4-29,36H2,1-3H3. The number of rotatable bonds is 29. The summed E-state index contributed by atoms with van der Waals surface area (Å²) in [6.45, 7) is 9.60. The molecule has 4 nitrogen and oxygen atoms in total. The second-order valence-electron chi connectivity index (χ2n) is 11.4. The molecule has 0 unspecified atom stereocenters. The molecule has 0 fully saturated rings. The molecule has 0 saturated heterocycles. The number of nitrogens with two attached hydrogens (primary N) is 1. The van der Waals surface area contributed by atoms with E-state index in [1.54, 1.807) is 0 Å². The molecule has 228 valence electrons. The fraction of sp³-hybridized carbons (Fsp3) is 0.829. The molecular weight excluding hydrogens is 482 g/mol. The number of benzene rings is 1. The van der Waals surface area contributed by atoms with Gasteiger partial charge in [0.15, 0.2) is 11.5 Å². The van der Waals surface area contributed by atoms with Crippen molar-refractivity contribution in [3.05, 3.63) is 17.7 Å². The van der Waals surface area contributed by atoms with Crippen LogP contribution in [0.1, 0.15) is 161 Å². The molecule has 0 bridgehead atoms. The monoisotopic (exact) mass is 547 g/mol. The number of hydrogen-bond donors (Lipinski definition) is 1. The molecule has 0 aliphatic carbocycles. The lowest BCUT2D eigenvalue weighted by Gasteiger charge is -2.19. The minimum Gasteiger partial charge on any atom is -0.490 e. The Morgan fingerprint density at radius 3 is 1.15 bits per heavy atom. The van der Waals surface area contributed by atoms with Crippen LogP contribution in [0.25, 0.3) is 0 Å². The van der Waals surface area contributed by atoms with Gasteiger partial charge in [-0.1, -0.05) is 136 Å². The van der Waals surface area contributed by atoms with Crippen molar-refractivity contribution >= 4 is 0 Å². The number of unbranched alkanes of at least 4 members (excludes halogenated alkanes) is 18. The molecule has 0 aliphatic heterocycles. The average Bonchev–Trinajstić information content (AvgIpc) is 2.94. The van der Waals surface area contributed by atoms with E-state index in [1.165, 1.54) is 121 Å². The second kappa shape index (κ2) is 26.8. The summed E-state index contributed by atoms with van der Waals surface area (Å²) in [5, 5.41) is 0. The predicted molar refractivity (Wildman–Crippen MR) is 170 cm³/mol. The van der Waals surface area contributed by atoms with Crippen molar-refractivity contribution in [2.45, 2.75) is 162 Å². The van der Waals surface area contributed by atoms with Crippen molar-refractivity contribution in [3.8, 4) is 17.2 Å². The molecule has 0 spiro atoms. The Labute approximate surface area is 243 Å². The SMILES string of the molecule is CCCCCCCCCOc1cc(CCN)cc(OCCCCCCCCC)c1OCCCCCCCCC. The number of hydrogen-bond acceptors (Lipinski definition) is 4. The van der Waals surface area contributed by atoms with Crippen LogP contribution >= 0.6 is 0 Å². The lowest BCUT2D eigenvalue weighted by Crippen LogP contribution is -2.09. The highest BCUT2D eigenvalue weighted by molar-refractivity contribution is 5.54. The lowest BCUT2D eigenvalue weighted by atomic mass is 10.1. The third-order valence-electron chi connectivity index (χ3n) is 7.52. The third kappa shape index (κ3) is 19.3. The molecule has 1 aromatic rings. The Hall–Kier alpha value is -1.42. The van der Waals surface area contributed by atoms with Crippen molar-refractivity contribution in [1.29, 1.82) is 0 Å². The molecule has 0 radical (unpaired) electrons. The Morgan fingerprint density at radius 1 is 0.462 bits per heavy atom. The van der Waals surface area contributed by atoms with Crippen molar-refractivity contribution in [3.63, 3.8) is 0 Å². The molecule has 4 heteroatoms. The molecule has 0 saturated carbocycles. The van der Waals surface area contributed by atoms with Crippen LogP contribution in [0, 0.1) is 0 Å². The van der Waals surface area contributed by atoms with Crippen LogP contribution in [0.15, 0.2) is 12.1 Å². The maximum absolute atomic E-state index is 6.39. The van der Waals surface area contributed by atoms with Crippen molar-refractivity contribution in [2.75, 3.05) is 26.4 Å². The Kier molecular flexibility index (Phi) is 24.5. The van der Waals surface area contributed by atoms with Crippen LogP contribution in [-0.4, -0.2) is 26.4 Å². The van der Waals surface area contributed by atoms with E-state index in [0.717, 1.165) is 56.1 Å². The van der Waals surface area contributed by atoms with Gasteiger partial charge in [0.25, 0.3) is 0 Å². The van der Waals surface area contributed by atoms with E-state index in [-0.39, 0.29) is 0 Å². The van der Waals surface area contributed by atoms with Gasteiger partial charge in [0.2, 0.25) is 5.75 Å². The van der Waals surface area contributed by atoms with E-state index >= 15 is 0 Å². The van der Waals surface area contributed by atoms with E-state index in [2.05, 4.69) is 32.9 Å². The normalized spacial score (nSPS) is 11.2. The fourth-order valence-electron chi connectivity index (χ4n) is 5.01. The molecule has 0 heterocycles. The first-order valence-corrected chi connectivity index (χ1v) is 17.0. The first-order valence-electron chi connectivity index (χ1n) is 17.0. The average molecular weight is 548 g/mol. The third-order valence-corrected chi connectivity index (χ3v) is 7.52. The summed E-state index contributed by atoms with van der Waals surface area (Å²) in [7, 11) is 0. The topological polar surface area (TPSA) is 53.7 Å². The summed E-state index contributed by atoms with van der Waals surface area (Å²) in [4.78, 5) is 0. The molecule has 0 aliphatic rings. The molecule has 0 aromatic heterocycles. The smallest absolute Gasteiger partial charge is 0.203 e. The zero-order valence-electron chi connectivity index (χ0n) is 26.3. The Bertz CT molecular complexity index is 622. The molecule has 39 heavy (non-hydrogen) atoms. The summed E-state index contributed by atoms with van der Waals surface area (Å²) in [6, 6.07) is 4.27. The summed E-state index contributed by atoms with van der Waals surface area (Å²) >= 11 is 0. The first-order chi connectivity index (χ1) is 19.3. The van der Waals surface area contributed by atoms with E-state index in [9.17, 15) is 0 Å². The van der Waals surface area contributed by atoms with Crippen LogP contribution in [0.5, 0.6) is 17.2 Å². The van der Waals surface area contributed by atoms with E-state index < -0.39 is 0 Å². The van der Waals surface area contributed by atoms with E-state index in [4.69, 9.17) is 19.9 Å². The van der Waals surface area contributed by atoms with Gasteiger partial charge in [0.1, 0.15) is 0 Å². The van der Waals surface area contributed by atoms with Gasteiger partial charge in [0, 0.05) is 0 Å². The van der Waals surface area contributed by atoms with E-state index in [0.29, 0.717) is 13.2 Å². The Morgan fingerprint density at radius 2 is 0.795 bits per heavy atom. The van der Waals surface area contributed by atoms with Crippen molar-refractivity contribution in [2.24, 2.45) is 5.73 Å². The first kappa shape index (κ1) is 35.6. The van der Waals surface area contributed by atoms with Crippen molar-refractivity contribution < 1.29 is 14.2 Å². The zero-order chi connectivity index (χ0) is 28.2. The van der Waals surface area contributed by atoms with Crippen LogP contribution < -0.4 is 19.9 Å². The summed E-state index contributed by atoms with van der Waals surface area (Å²) in [5.41, 5.74) is 7.09. The second-order valence-corrected chi connectivity index (χ2v) is 11.4. The van der Waals surface area contributed by atoms with Gasteiger partial charge in [-0.3, -0.25) is 0 Å². The van der Waals surface area contributed by atoms with Crippen LogP contribution in [-0.2, 0) is 6.42 Å². The van der Waals surface area contributed by atoms with Gasteiger partial charge in [0.05, 0.1) is 19.8 Å². The van der Waals surface area contributed by atoms with E-state index in [1.807, 2.05) is 0 Å². The van der Waals surface area contributed by atoms with Crippen LogP contribution in [0.4, 0.5) is 0 Å². The summed E-state index contributed by atoms with van der Waals surface area (Å²) < 4.78 is 19.1. The molecule has 2 N–H and O–H groups in total. The van der Waals surface area contributed by atoms with Crippen molar-refractivity contribution in [1.82, 2.24) is 0 Å². The minimum absolute atomic E-state index is 0.618. The van der Waals surface area contributed by atoms with Crippen LogP contribution in [0.2, 0.25) is 0 Å². The molecule has 0 amide bonds. The van der Waals surface area contributed by atoms with Gasteiger partial charge in [-0.05, 0) is 49.9 Å². The highest BCUT2D eigenvalue weighted by Crippen LogP contribution is 2.39. The predicted octanol–water partition coefficient (Wildman–Crippen LogP) is 10.6. The summed E-state index contributed by atoms with van der Waals surface area (Å²) in [5.74, 6) is 2.47. The zero-order valence-corrected chi connectivity index (χ0v) is 26.3. The van der Waals surface area contributed by atoms with Gasteiger partial charge in [-0.25, -0.2) is 0 Å². The van der Waals surface area contributed by atoms with Gasteiger partial charge in [-0.2, -0.15) is 0 Å².